The minimum Gasteiger partial charge on any atom is -0.482 e. The maximum Gasteiger partial charge on any atom is 0.253 e. The van der Waals surface area contributed by atoms with Gasteiger partial charge in [-0.05, 0) is 6.07 Å². The highest BCUT2D eigenvalue weighted by Gasteiger charge is 2.32. The van der Waals surface area contributed by atoms with E-state index >= 15 is 0 Å². The molecule has 1 aliphatic heterocycles. The number of carbonyl (C=O) groups excluding carboxylic acids is 1. The highest BCUT2D eigenvalue weighted by Crippen LogP contribution is 2.22. The highest BCUT2D eigenvalue weighted by molar-refractivity contribution is 6.32. The molecule has 0 radical (unpaired) electrons. The van der Waals surface area contributed by atoms with Crippen LogP contribution in [0, 0.1) is 0 Å². The summed E-state index contributed by atoms with van der Waals surface area (Å²) in [5, 5.41) is 7.20. The minimum absolute atomic E-state index is 0.273. The summed E-state index contributed by atoms with van der Waals surface area (Å²) < 4.78 is 17.9. The summed E-state index contributed by atoms with van der Waals surface area (Å²) in [5.74, 6) is 0.596. The first-order valence-corrected chi connectivity index (χ1v) is 7.68. The summed E-state index contributed by atoms with van der Waals surface area (Å²) in [5.41, 5.74) is 0.341. The molecule has 2 atom stereocenters. The second kappa shape index (κ2) is 7.06. The maximum atomic E-state index is 12.4. The summed E-state index contributed by atoms with van der Waals surface area (Å²) in [4.78, 5) is 16.4. The molecule has 1 aliphatic rings. The number of aromatic nitrogens is 3. The van der Waals surface area contributed by atoms with Gasteiger partial charge in [-0.25, -0.2) is 4.98 Å². The number of ether oxygens (including phenoxy) is 3. The number of amides is 1. The summed E-state index contributed by atoms with van der Waals surface area (Å²) >= 11 is 6.00. The normalized spacial score (nSPS) is 20.0. The van der Waals surface area contributed by atoms with E-state index in [-0.39, 0.29) is 29.0 Å². The van der Waals surface area contributed by atoms with Gasteiger partial charge in [0.25, 0.3) is 5.91 Å². The maximum absolute atomic E-state index is 12.4. The predicted molar refractivity (Wildman–Crippen MR) is 85.5 cm³/mol. The molecular weight excluding hydrogens is 336 g/mol. The van der Waals surface area contributed by atoms with Gasteiger partial charge >= 0.3 is 0 Å². The fourth-order valence-electron chi connectivity index (χ4n) is 2.37. The van der Waals surface area contributed by atoms with Crippen LogP contribution in [0.2, 0.25) is 5.02 Å². The van der Waals surface area contributed by atoms with Crippen LogP contribution in [0.5, 0.6) is 11.6 Å². The van der Waals surface area contributed by atoms with E-state index in [1.54, 1.807) is 24.1 Å². The molecule has 0 bridgehead atoms. The molecule has 3 rings (SSSR count). The van der Waals surface area contributed by atoms with Crippen molar-refractivity contribution >= 4 is 17.5 Å². The lowest BCUT2D eigenvalue weighted by Gasteiger charge is -2.19. The Morgan fingerprint density at radius 3 is 2.96 bits per heavy atom. The lowest BCUT2D eigenvalue weighted by atomic mass is 10.2. The van der Waals surface area contributed by atoms with E-state index in [1.807, 2.05) is 0 Å². The van der Waals surface area contributed by atoms with E-state index in [9.17, 15) is 4.79 Å². The Morgan fingerprint density at radius 2 is 2.29 bits per heavy atom. The van der Waals surface area contributed by atoms with Gasteiger partial charge in [0.2, 0.25) is 5.88 Å². The number of pyridine rings is 1. The van der Waals surface area contributed by atoms with Gasteiger partial charge in [0.05, 0.1) is 44.3 Å². The van der Waals surface area contributed by atoms with Gasteiger partial charge in [-0.15, -0.1) is 0 Å². The Balaban J connectivity index is 1.65. The van der Waals surface area contributed by atoms with Gasteiger partial charge in [0, 0.05) is 13.2 Å². The Kier molecular flexibility index (Phi) is 4.86. The SMILES string of the molecule is COc1ncc(C(=O)N[C@H]2COC[C@H]2Oc2cnn(C)c2)cc1Cl. The Morgan fingerprint density at radius 1 is 1.46 bits per heavy atom. The number of carbonyl (C=O) groups is 1. The molecule has 9 heteroatoms. The number of hydrogen-bond acceptors (Lipinski definition) is 6. The van der Waals surface area contributed by atoms with Crippen LogP contribution < -0.4 is 14.8 Å². The van der Waals surface area contributed by atoms with Crippen molar-refractivity contribution in [2.24, 2.45) is 7.05 Å². The number of nitrogens with zero attached hydrogens (tertiary/aromatic N) is 3. The molecule has 0 aliphatic carbocycles. The molecule has 1 amide bonds. The van der Waals surface area contributed by atoms with E-state index in [0.29, 0.717) is 24.5 Å². The van der Waals surface area contributed by atoms with Gasteiger partial charge in [0.15, 0.2) is 5.75 Å². The number of rotatable bonds is 5. The van der Waals surface area contributed by atoms with E-state index in [1.165, 1.54) is 19.4 Å². The van der Waals surface area contributed by atoms with Gasteiger partial charge in [-0.2, -0.15) is 5.10 Å². The van der Waals surface area contributed by atoms with Crippen LogP contribution in [0.3, 0.4) is 0 Å². The standard InChI is InChI=1S/C15H17ClN4O4/c1-20-6-10(5-18-20)24-13-8-23-7-12(13)19-14(21)9-3-11(16)15(22-2)17-4-9/h3-6,12-13H,7-8H2,1-2H3,(H,19,21)/t12-,13+/m0/s1. The molecular formula is C15H17ClN4O4. The van der Waals surface area contributed by atoms with Crippen LogP contribution in [0.4, 0.5) is 0 Å². The molecule has 128 valence electrons. The first-order chi connectivity index (χ1) is 11.6. The van der Waals surface area contributed by atoms with Gasteiger partial charge < -0.3 is 19.5 Å². The first kappa shape index (κ1) is 16.5. The molecule has 2 aromatic rings. The zero-order valence-corrected chi connectivity index (χ0v) is 14.0. The lowest BCUT2D eigenvalue weighted by Crippen LogP contribution is -2.45. The van der Waals surface area contributed by atoms with Gasteiger partial charge in [-0.1, -0.05) is 11.6 Å². The number of methoxy groups -OCH3 is 1. The van der Waals surface area contributed by atoms with Gasteiger partial charge in [0.1, 0.15) is 11.1 Å². The lowest BCUT2D eigenvalue weighted by molar-refractivity contribution is 0.0903. The van der Waals surface area contributed by atoms with Crippen molar-refractivity contribution in [1.29, 1.82) is 0 Å². The van der Waals surface area contributed by atoms with Crippen molar-refractivity contribution in [2.45, 2.75) is 12.1 Å². The zero-order chi connectivity index (χ0) is 17.1. The fraction of sp³-hybridized carbons (Fsp3) is 0.400. The summed E-state index contributed by atoms with van der Waals surface area (Å²) in [7, 11) is 3.27. The third-order valence-electron chi connectivity index (χ3n) is 3.58. The van der Waals surface area contributed by atoms with Crippen molar-refractivity contribution in [3.05, 3.63) is 35.2 Å². The number of nitrogens with one attached hydrogen (secondary N) is 1. The number of aryl methyl sites for hydroxylation is 1. The van der Waals surface area contributed by atoms with E-state index < -0.39 is 0 Å². The van der Waals surface area contributed by atoms with Crippen molar-refractivity contribution < 1.29 is 19.0 Å². The molecule has 0 saturated carbocycles. The number of hydrogen-bond donors (Lipinski definition) is 1. The predicted octanol–water partition coefficient (Wildman–Crippen LogP) is 1.05. The van der Waals surface area contributed by atoms with Crippen LogP contribution in [0.1, 0.15) is 10.4 Å². The molecule has 8 nitrogen and oxygen atoms in total. The van der Waals surface area contributed by atoms with Crippen molar-refractivity contribution in [3.63, 3.8) is 0 Å². The Labute approximate surface area is 143 Å². The van der Waals surface area contributed by atoms with Crippen molar-refractivity contribution in [2.75, 3.05) is 20.3 Å². The van der Waals surface area contributed by atoms with E-state index in [0.717, 1.165) is 0 Å². The molecule has 1 N–H and O–H groups in total. The van der Waals surface area contributed by atoms with Crippen molar-refractivity contribution in [3.8, 4) is 11.6 Å². The average Bonchev–Trinajstić information content (AvgIpc) is 3.17. The van der Waals surface area contributed by atoms with Crippen molar-refractivity contribution in [1.82, 2.24) is 20.1 Å². The summed E-state index contributed by atoms with van der Waals surface area (Å²) in [6.07, 6.45) is 4.49. The monoisotopic (exact) mass is 352 g/mol. The van der Waals surface area contributed by atoms with E-state index in [2.05, 4.69) is 15.4 Å². The molecule has 3 heterocycles. The molecule has 0 aromatic carbocycles. The second-order valence-corrected chi connectivity index (χ2v) is 5.75. The third kappa shape index (κ3) is 3.60. The molecule has 24 heavy (non-hydrogen) atoms. The average molecular weight is 353 g/mol. The second-order valence-electron chi connectivity index (χ2n) is 5.34. The summed E-state index contributed by atoms with van der Waals surface area (Å²) in [6, 6.07) is 1.23. The first-order valence-electron chi connectivity index (χ1n) is 7.30. The van der Waals surface area contributed by atoms with Crippen LogP contribution in [0.25, 0.3) is 0 Å². The van der Waals surface area contributed by atoms with Gasteiger partial charge in [-0.3, -0.25) is 9.48 Å². The summed E-state index contributed by atoms with van der Waals surface area (Å²) in [6.45, 7) is 0.759. The molecule has 1 saturated heterocycles. The third-order valence-corrected chi connectivity index (χ3v) is 3.85. The van der Waals surface area contributed by atoms with Crippen LogP contribution in [-0.2, 0) is 11.8 Å². The molecule has 0 spiro atoms. The largest absolute Gasteiger partial charge is 0.482 e. The number of halogens is 1. The fourth-order valence-corrected chi connectivity index (χ4v) is 2.61. The zero-order valence-electron chi connectivity index (χ0n) is 13.2. The van der Waals surface area contributed by atoms with Crippen LogP contribution in [-0.4, -0.2) is 53.1 Å². The Bertz CT molecular complexity index is 736. The van der Waals surface area contributed by atoms with Crippen LogP contribution >= 0.6 is 11.6 Å². The molecule has 1 fully saturated rings. The quantitative estimate of drug-likeness (QED) is 0.865. The molecule has 0 unspecified atom stereocenters. The molecule has 2 aromatic heterocycles. The minimum atomic E-state index is -0.303. The van der Waals surface area contributed by atoms with E-state index in [4.69, 9.17) is 25.8 Å². The smallest absolute Gasteiger partial charge is 0.253 e. The highest BCUT2D eigenvalue weighted by atomic mass is 35.5. The van der Waals surface area contributed by atoms with Crippen LogP contribution in [0.15, 0.2) is 24.7 Å². The Hall–Kier alpha value is -2.32. The topological polar surface area (TPSA) is 87.5 Å².